The standard InChI is InChI=1S/C20H24BrN3O2/c1-26-19-5-3-2-4-18(19)23-12-14-24(15-13-23)20(25)22-11-10-16-6-8-17(21)9-7-16/h2-9H,10-15H2,1H3,(H,22,25). The number of halogens is 1. The van der Waals surface area contributed by atoms with Crippen LogP contribution >= 0.6 is 15.9 Å². The van der Waals surface area contributed by atoms with Gasteiger partial charge in [0.2, 0.25) is 0 Å². The number of hydrogen-bond acceptors (Lipinski definition) is 3. The number of benzene rings is 2. The highest BCUT2D eigenvalue weighted by atomic mass is 79.9. The third kappa shape index (κ3) is 4.69. The number of anilines is 1. The molecule has 2 aromatic carbocycles. The number of rotatable bonds is 5. The largest absolute Gasteiger partial charge is 0.495 e. The lowest BCUT2D eigenvalue weighted by Crippen LogP contribution is -2.52. The second-order valence-corrected chi connectivity index (χ2v) is 7.17. The van der Waals surface area contributed by atoms with Gasteiger partial charge in [-0.05, 0) is 36.2 Å². The Labute approximate surface area is 163 Å². The van der Waals surface area contributed by atoms with Gasteiger partial charge in [0.25, 0.3) is 0 Å². The van der Waals surface area contributed by atoms with E-state index in [1.54, 1.807) is 7.11 Å². The molecule has 26 heavy (non-hydrogen) atoms. The summed E-state index contributed by atoms with van der Waals surface area (Å²) in [5, 5.41) is 3.02. The molecule has 0 saturated carbocycles. The smallest absolute Gasteiger partial charge is 0.317 e. The lowest BCUT2D eigenvalue weighted by atomic mass is 10.1. The molecule has 5 nitrogen and oxygen atoms in total. The first kappa shape index (κ1) is 18.6. The van der Waals surface area contributed by atoms with Crippen molar-refractivity contribution in [1.82, 2.24) is 10.2 Å². The molecule has 138 valence electrons. The highest BCUT2D eigenvalue weighted by Crippen LogP contribution is 2.28. The number of urea groups is 1. The number of ether oxygens (including phenoxy) is 1. The molecular weight excluding hydrogens is 394 g/mol. The maximum Gasteiger partial charge on any atom is 0.317 e. The van der Waals surface area contributed by atoms with Gasteiger partial charge in [0.1, 0.15) is 5.75 Å². The molecule has 1 aliphatic heterocycles. The SMILES string of the molecule is COc1ccccc1N1CCN(C(=O)NCCc2ccc(Br)cc2)CC1. The molecule has 0 radical (unpaired) electrons. The fourth-order valence-corrected chi connectivity index (χ4v) is 3.38. The van der Waals surface area contributed by atoms with E-state index in [0.717, 1.165) is 35.4 Å². The Morgan fingerprint density at radius 3 is 2.46 bits per heavy atom. The lowest BCUT2D eigenvalue weighted by molar-refractivity contribution is 0.194. The molecule has 1 saturated heterocycles. The summed E-state index contributed by atoms with van der Waals surface area (Å²) in [7, 11) is 1.69. The van der Waals surface area contributed by atoms with Crippen molar-refractivity contribution in [3.8, 4) is 5.75 Å². The van der Waals surface area contributed by atoms with Crippen molar-refractivity contribution in [2.24, 2.45) is 0 Å². The van der Waals surface area contributed by atoms with Gasteiger partial charge in [0.05, 0.1) is 12.8 Å². The minimum Gasteiger partial charge on any atom is -0.495 e. The molecule has 1 N–H and O–H groups in total. The van der Waals surface area contributed by atoms with E-state index in [2.05, 4.69) is 44.3 Å². The third-order valence-electron chi connectivity index (χ3n) is 4.60. The van der Waals surface area contributed by atoms with Gasteiger partial charge < -0.3 is 19.9 Å². The molecule has 1 fully saturated rings. The Morgan fingerprint density at radius 2 is 1.77 bits per heavy atom. The molecule has 0 aromatic heterocycles. The van der Waals surface area contributed by atoms with Crippen molar-refractivity contribution >= 4 is 27.6 Å². The van der Waals surface area contributed by atoms with Crippen LogP contribution in [0.1, 0.15) is 5.56 Å². The molecule has 3 rings (SSSR count). The van der Waals surface area contributed by atoms with Crippen molar-refractivity contribution in [2.75, 3.05) is 44.7 Å². The zero-order valence-corrected chi connectivity index (χ0v) is 16.5. The highest BCUT2D eigenvalue weighted by molar-refractivity contribution is 9.10. The zero-order chi connectivity index (χ0) is 18.4. The summed E-state index contributed by atoms with van der Waals surface area (Å²) < 4.78 is 6.51. The number of methoxy groups -OCH3 is 1. The molecule has 6 heteroatoms. The Kier molecular flexibility index (Phi) is 6.39. The van der Waals surface area contributed by atoms with Gasteiger partial charge in [-0.25, -0.2) is 4.79 Å². The van der Waals surface area contributed by atoms with Gasteiger partial charge in [-0.2, -0.15) is 0 Å². The predicted octanol–water partition coefficient (Wildman–Crippen LogP) is 3.53. The van der Waals surface area contributed by atoms with Crippen LogP contribution in [0.3, 0.4) is 0 Å². The van der Waals surface area contributed by atoms with E-state index >= 15 is 0 Å². The van der Waals surface area contributed by atoms with Crippen LogP contribution in [0.4, 0.5) is 10.5 Å². The number of amides is 2. The molecule has 0 bridgehead atoms. The van der Waals surface area contributed by atoms with Gasteiger partial charge in [-0.1, -0.05) is 40.2 Å². The highest BCUT2D eigenvalue weighted by Gasteiger charge is 2.22. The van der Waals surface area contributed by atoms with Gasteiger partial charge in [-0.15, -0.1) is 0 Å². The first-order chi connectivity index (χ1) is 12.7. The maximum atomic E-state index is 12.4. The Hall–Kier alpha value is -2.21. The minimum absolute atomic E-state index is 0.0155. The summed E-state index contributed by atoms with van der Waals surface area (Å²) in [4.78, 5) is 16.5. The van der Waals surface area contributed by atoms with Crippen LogP contribution in [-0.2, 0) is 6.42 Å². The van der Waals surface area contributed by atoms with Crippen molar-refractivity contribution in [3.05, 3.63) is 58.6 Å². The third-order valence-corrected chi connectivity index (χ3v) is 5.12. The first-order valence-corrected chi connectivity index (χ1v) is 9.62. The Bertz CT molecular complexity index is 728. The number of carbonyl (C=O) groups excluding carboxylic acids is 1. The molecule has 1 heterocycles. The molecule has 0 unspecified atom stereocenters. The van der Waals surface area contributed by atoms with Crippen LogP contribution in [0.15, 0.2) is 53.0 Å². The summed E-state index contributed by atoms with van der Waals surface area (Å²) in [5.74, 6) is 0.875. The van der Waals surface area contributed by atoms with Gasteiger partial charge in [-0.3, -0.25) is 0 Å². The fourth-order valence-electron chi connectivity index (χ4n) is 3.12. The van der Waals surface area contributed by atoms with E-state index in [1.165, 1.54) is 5.56 Å². The number of nitrogens with zero attached hydrogens (tertiary/aromatic N) is 2. The number of piperazine rings is 1. The van der Waals surface area contributed by atoms with Crippen molar-refractivity contribution in [3.63, 3.8) is 0 Å². The quantitative estimate of drug-likeness (QED) is 0.808. The second-order valence-electron chi connectivity index (χ2n) is 6.25. The normalized spacial score (nSPS) is 14.2. The van der Waals surface area contributed by atoms with Crippen LogP contribution in [0.5, 0.6) is 5.75 Å². The predicted molar refractivity (Wildman–Crippen MR) is 108 cm³/mol. The summed E-state index contributed by atoms with van der Waals surface area (Å²) in [6.07, 6.45) is 0.834. The Balaban J connectivity index is 1.45. The zero-order valence-electron chi connectivity index (χ0n) is 15.0. The van der Waals surface area contributed by atoms with Crippen LogP contribution < -0.4 is 15.0 Å². The van der Waals surface area contributed by atoms with E-state index in [1.807, 2.05) is 35.2 Å². The van der Waals surface area contributed by atoms with Gasteiger partial charge in [0.15, 0.2) is 0 Å². The van der Waals surface area contributed by atoms with Crippen LogP contribution in [0.25, 0.3) is 0 Å². The summed E-state index contributed by atoms with van der Waals surface area (Å²) in [5.41, 5.74) is 2.31. The molecular formula is C20H24BrN3O2. The number of hydrogen-bond donors (Lipinski definition) is 1. The molecule has 0 spiro atoms. The number of para-hydroxylation sites is 2. The second kappa shape index (κ2) is 8.94. The average molecular weight is 418 g/mol. The van der Waals surface area contributed by atoms with Crippen LogP contribution in [0.2, 0.25) is 0 Å². The monoisotopic (exact) mass is 417 g/mol. The van der Waals surface area contributed by atoms with Gasteiger partial charge in [0, 0.05) is 37.2 Å². The molecule has 0 atom stereocenters. The average Bonchev–Trinajstić information content (AvgIpc) is 2.69. The summed E-state index contributed by atoms with van der Waals surface area (Å²) in [6, 6.07) is 16.2. The van der Waals surface area contributed by atoms with Gasteiger partial charge >= 0.3 is 6.03 Å². The Morgan fingerprint density at radius 1 is 1.08 bits per heavy atom. The van der Waals surface area contributed by atoms with Crippen LogP contribution in [-0.4, -0.2) is 50.8 Å². The molecule has 1 aliphatic rings. The van der Waals surface area contributed by atoms with E-state index in [9.17, 15) is 4.79 Å². The van der Waals surface area contributed by atoms with Crippen molar-refractivity contribution in [1.29, 1.82) is 0 Å². The first-order valence-electron chi connectivity index (χ1n) is 8.82. The van der Waals surface area contributed by atoms with E-state index in [0.29, 0.717) is 19.6 Å². The minimum atomic E-state index is 0.0155. The topological polar surface area (TPSA) is 44.8 Å². The lowest BCUT2D eigenvalue weighted by Gasteiger charge is -2.36. The fraction of sp³-hybridized carbons (Fsp3) is 0.350. The molecule has 2 amide bonds. The van der Waals surface area contributed by atoms with Crippen molar-refractivity contribution in [2.45, 2.75) is 6.42 Å². The van der Waals surface area contributed by atoms with Crippen LogP contribution in [0, 0.1) is 0 Å². The number of nitrogens with one attached hydrogen (secondary N) is 1. The maximum absolute atomic E-state index is 12.4. The summed E-state index contributed by atoms with van der Waals surface area (Å²) in [6.45, 7) is 3.68. The molecule has 2 aromatic rings. The van der Waals surface area contributed by atoms with Crippen molar-refractivity contribution < 1.29 is 9.53 Å². The van der Waals surface area contributed by atoms with E-state index in [-0.39, 0.29) is 6.03 Å². The number of carbonyl (C=O) groups is 1. The van der Waals surface area contributed by atoms with E-state index < -0.39 is 0 Å². The molecule has 0 aliphatic carbocycles. The van der Waals surface area contributed by atoms with E-state index in [4.69, 9.17) is 4.74 Å². The summed E-state index contributed by atoms with van der Waals surface area (Å²) >= 11 is 3.43.